The molecular formula is C16H20O4. The van der Waals surface area contributed by atoms with E-state index in [9.17, 15) is 4.79 Å². The Morgan fingerprint density at radius 3 is 2.70 bits per heavy atom. The first-order valence-corrected chi connectivity index (χ1v) is 7.18. The van der Waals surface area contributed by atoms with Gasteiger partial charge in [-0.1, -0.05) is 12.1 Å². The molecule has 0 amide bonds. The van der Waals surface area contributed by atoms with Crippen LogP contribution in [0.25, 0.3) is 0 Å². The zero-order valence-electron chi connectivity index (χ0n) is 11.8. The standard InChI is InChI=1S/C16H20O4/c1-18-16(7-9-19-10-8-16)15(17)12-3-2-4-14(11-12)20-13-5-6-13/h2-4,11,13H,5-10H2,1H3. The highest BCUT2D eigenvalue weighted by Crippen LogP contribution is 2.31. The smallest absolute Gasteiger partial charge is 0.194 e. The summed E-state index contributed by atoms with van der Waals surface area (Å²) in [6, 6.07) is 7.43. The number of hydrogen-bond donors (Lipinski definition) is 0. The molecule has 0 N–H and O–H groups in total. The van der Waals surface area contributed by atoms with Crippen LogP contribution in [0.15, 0.2) is 24.3 Å². The number of ketones is 1. The second-order valence-electron chi connectivity index (χ2n) is 5.48. The maximum Gasteiger partial charge on any atom is 0.194 e. The monoisotopic (exact) mass is 276 g/mol. The highest BCUT2D eigenvalue weighted by atomic mass is 16.5. The molecule has 20 heavy (non-hydrogen) atoms. The summed E-state index contributed by atoms with van der Waals surface area (Å²) in [4.78, 5) is 12.8. The quantitative estimate of drug-likeness (QED) is 0.775. The molecule has 1 saturated heterocycles. The Hall–Kier alpha value is -1.39. The van der Waals surface area contributed by atoms with Crippen molar-refractivity contribution in [2.75, 3.05) is 20.3 Å². The third-order valence-corrected chi connectivity index (χ3v) is 4.03. The molecular weight excluding hydrogens is 256 g/mol. The lowest BCUT2D eigenvalue weighted by atomic mass is 9.85. The second kappa shape index (κ2) is 5.54. The molecule has 1 aliphatic carbocycles. The molecule has 0 spiro atoms. The Labute approximate surface area is 119 Å². The molecule has 108 valence electrons. The SMILES string of the molecule is COC1(C(=O)c2cccc(OC3CC3)c2)CCOCC1. The Morgan fingerprint density at radius 1 is 1.30 bits per heavy atom. The fraction of sp³-hybridized carbons (Fsp3) is 0.562. The molecule has 0 aromatic heterocycles. The van der Waals surface area contributed by atoms with Crippen molar-refractivity contribution in [3.63, 3.8) is 0 Å². The summed E-state index contributed by atoms with van der Waals surface area (Å²) in [6.45, 7) is 1.13. The van der Waals surface area contributed by atoms with Crippen molar-refractivity contribution >= 4 is 5.78 Å². The van der Waals surface area contributed by atoms with Crippen molar-refractivity contribution in [2.45, 2.75) is 37.4 Å². The van der Waals surface area contributed by atoms with Gasteiger partial charge in [0.1, 0.15) is 11.4 Å². The number of ether oxygens (including phenoxy) is 3. The predicted octanol–water partition coefficient (Wildman–Crippen LogP) is 2.61. The summed E-state index contributed by atoms with van der Waals surface area (Å²) in [7, 11) is 1.60. The lowest BCUT2D eigenvalue weighted by Gasteiger charge is -2.34. The second-order valence-corrected chi connectivity index (χ2v) is 5.48. The third kappa shape index (κ3) is 2.72. The van der Waals surface area contributed by atoms with Crippen molar-refractivity contribution in [3.8, 4) is 5.75 Å². The summed E-state index contributed by atoms with van der Waals surface area (Å²) in [5.74, 6) is 0.807. The molecule has 4 nitrogen and oxygen atoms in total. The molecule has 0 bridgehead atoms. The van der Waals surface area contributed by atoms with E-state index in [0.29, 0.717) is 37.7 Å². The van der Waals surface area contributed by atoms with Crippen LogP contribution in [-0.2, 0) is 9.47 Å². The van der Waals surface area contributed by atoms with Gasteiger partial charge in [-0.2, -0.15) is 0 Å². The Kier molecular flexibility index (Phi) is 3.76. The Bertz CT molecular complexity index is 487. The van der Waals surface area contributed by atoms with Crippen LogP contribution in [-0.4, -0.2) is 37.8 Å². The van der Waals surface area contributed by atoms with Crippen molar-refractivity contribution in [1.82, 2.24) is 0 Å². The molecule has 0 radical (unpaired) electrons. The zero-order chi connectivity index (χ0) is 14.0. The number of carbonyl (C=O) groups excluding carboxylic acids is 1. The fourth-order valence-electron chi connectivity index (χ4n) is 2.58. The van der Waals surface area contributed by atoms with Gasteiger partial charge in [0, 0.05) is 38.7 Å². The van der Waals surface area contributed by atoms with Gasteiger partial charge in [-0.05, 0) is 25.0 Å². The molecule has 1 saturated carbocycles. The van der Waals surface area contributed by atoms with Gasteiger partial charge in [0.15, 0.2) is 5.78 Å². The summed E-state index contributed by atoms with van der Waals surface area (Å²) < 4.78 is 16.7. The summed E-state index contributed by atoms with van der Waals surface area (Å²) in [5.41, 5.74) is -0.0805. The molecule has 2 aliphatic rings. The van der Waals surface area contributed by atoms with Crippen LogP contribution >= 0.6 is 0 Å². The first kappa shape index (κ1) is 13.6. The van der Waals surface area contributed by atoms with Gasteiger partial charge < -0.3 is 14.2 Å². The minimum Gasteiger partial charge on any atom is -0.490 e. The van der Waals surface area contributed by atoms with E-state index >= 15 is 0 Å². The van der Waals surface area contributed by atoms with E-state index in [2.05, 4.69) is 0 Å². The van der Waals surface area contributed by atoms with Gasteiger partial charge in [-0.25, -0.2) is 0 Å². The zero-order valence-corrected chi connectivity index (χ0v) is 11.8. The topological polar surface area (TPSA) is 44.8 Å². The number of benzene rings is 1. The highest BCUT2D eigenvalue weighted by Gasteiger charge is 2.40. The fourth-order valence-corrected chi connectivity index (χ4v) is 2.58. The van der Waals surface area contributed by atoms with E-state index in [0.717, 1.165) is 18.6 Å². The van der Waals surface area contributed by atoms with Gasteiger partial charge in [0.2, 0.25) is 0 Å². The van der Waals surface area contributed by atoms with Crippen molar-refractivity contribution in [2.24, 2.45) is 0 Å². The first-order chi connectivity index (χ1) is 9.73. The van der Waals surface area contributed by atoms with Crippen molar-refractivity contribution < 1.29 is 19.0 Å². The van der Waals surface area contributed by atoms with Crippen LogP contribution in [0.1, 0.15) is 36.0 Å². The van der Waals surface area contributed by atoms with Crippen LogP contribution in [0.5, 0.6) is 5.75 Å². The minimum atomic E-state index is -0.740. The summed E-state index contributed by atoms with van der Waals surface area (Å²) in [5, 5.41) is 0. The van der Waals surface area contributed by atoms with E-state index in [1.807, 2.05) is 24.3 Å². The van der Waals surface area contributed by atoms with Crippen molar-refractivity contribution in [1.29, 1.82) is 0 Å². The number of hydrogen-bond acceptors (Lipinski definition) is 4. The molecule has 0 atom stereocenters. The van der Waals surface area contributed by atoms with Gasteiger partial charge >= 0.3 is 0 Å². The highest BCUT2D eigenvalue weighted by molar-refractivity contribution is 6.02. The van der Waals surface area contributed by atoms with Crippen LogP contribution < -0.4 is 4.74 Å². The maximum absolute atomic E-state index is 12.8. The van der Waals surface area contributed by atoms with E-state index in [-0.39, 0.29) is 5.78 Å². The van der Waals surface area contributed by atoms with Crippen LogP contribution in [0.3, 0.4) is 0 Å². The minimum absolute atomic E-state index is 0.0320. The lowest BCUT2D eigenvalue weighted by molar-refractivity contribution is -0.0663. The average molecular weight is 276 g/mol. The number of carbonyl (C=O) groups is 1. The van der Waals surface area contributed by atoms with Gasteiger partial charge in [0.25, 0.3) is 0 Å². The molecule has 1 heterocycles. The normalized spacial score (nSPS) is 21.4. The third-order valence-electron chi connectivity index (χ3n) is 4.03. The van der Waals surface area contributed by atoms with Crippen molar-refractivity contribution in [3.05, 3.63) is 29.8 Å². The van der Waals surface area contributed by atoms with Crippen LogP contribution in [0.2, 0.25) is 0 Å². The first-order valence-electron chi connectivity index (χ1n) is 7.18. The Balaban J connectivity index is 1.80. The van der Waals surface area contributed by atoms with E-state index in [1.54, 1.807) is 7.11 Å². The molecule has 3 rings (SSSR count). The summed E-state index contributed by atoms with van der Waals surface area (Å²) >= 11 is 0. The Morgan fingerprint density at radius 2 is 2.05 bits per heavy atom. The molecule has 2 fully saturated rings. The largest absolute Gasteiger partial charge is 0.490 e. The number of methoxy groups -OCH3 is 1. The van der Waals surface area contributed by atoms with Gasteiger partial charge in [-0.15, -0.1) is 0 Å². The molecule has 1 aromatic carbocycles. The number of Topliss-reactive ketones (excluding diaryl/α,β-unsaturated/α-hetero) is 1. The average Bonchev–Trinajstić information content (AvgIpc) is 3.31. The van der Waals surface area contributed by atoms with Crippen LogP contribution in [0, 0.1) is 0 Å². The van der Waals surface area contributed by atoms with Gasteiger partial charge in [0.05, 0.1) is 6.10 Å². The molecule has 1 aliphatic heterocycles. The maximum atomic E-state index is 12.8. The summed E-state index contributed by atoms with van der Waals surface area (Å²) in [6.07, 6.45) is 3.76. The van der Waals surface area contributed by atoms with Crippen LogP contribution in [0.4, 0.5) is 0 Å². The van der Waals surface area contributed by atoms with Gasteiger partial charge in [-0.3, -0.25) is 4.79 Å². The van der Waals surface area contributed by atoms with E-state index in [1.165, 1.54) is 0 Å². The molecule has 1 aromatic rings. The molecule has 0 unspecified atom stereocenters. The molecule has 4 heteroatoms. The van der Waals surface area contributed by atoms with E-state index in [4.69, 9.17) is 14.2 Å². The van der Waals surface area contributed by atoms with E-state index < -0.39 is 5.60 Å². The number of rotatable bonds is 5. The predicted molar refractivity (Wildman–Crippen MR) is 74.2 cm³/mol. The lowest BCUT2D eigenvalue weighted by Crippen LogP contribution is -2.45.